The molecule has 37 heavy (non-hydrogen) atoms. The molecule has 2 amide bonds. The van der Waals surface area contributed by atoms with Gasteiger partial charge in [-0.15, -0.1) is 0 Å². The van der Waals surface area contributed by atoms with Crippen molar-refractivity contribution in [1.29, 1.82) is 0 Å². The lowest BCUT2D eigenvalue weighted by Crippen LogP contribution is -2.20. The van der Waals surface area contributed by atoms with Crippen molar-refractivity contribution >= 4 is 63.6 Å². The normalized spacial score (nSPS) is 10.7. The van der Waals surface area contributed by atoms with Gasteiger partial charge in [0.05, 0.1) is 21.3 Å². The summed E-state index contributed by atoms with van der Waals surface area (Å²) in [5, 5.41) is 18.1. The minimum atomic E-state index is -0.597. The Morgan fingerprint density at radius 3 is 2.65 bits per heavy atom. The molecule has 3 rings (SSSR count). The molecule has 0 aliphatic rings. The molecule has 2 N–H and O–H groups in total. The van der Waals surface area contributed by atoms with Gasteiger partial charge in [0.15, 0.2) is 18.1 Å². The number of anilines is 1. The summed E-state index contributed by atoms with van der Waals surface area (Å²) < 4.78 is 12.1. The highest BCUT2D eigenvalue weighted by Crippen LogP contribution is 2.34. The van der Waals surface area contributed by atoms with E-state index < -0.39 is 10.8 Å². The van der Waals surface area contributed by atoms with Gasteiger partial charge in [0.2, 0.25) is 0 Å². The number of nitrogens with zero attached hydrogens (tertiary/aromatic N) is 2. The molecule has 0 unspecified atom stereocenters. The predicted octanol–water partition coefficient (Wildman–Crippen LogP) is 5.34. The van der Waals surface area contributed by atoms with Crippen LogP contribution < -0.4 is 20.2 Å². The zero-order valence-corrected chi connectivity index (χ0v) is 22.7. The molecule has 10 nitrogen and oxygen atoms in total. The molecule has 0 aliphatic heterocycles. The van der Waals surface area contributed by atoms with Crippen molar-refractivity contribution in [2.75, 3.05) is 18.5 Å². The Kier molecular flexibility index (Phi) is 9.80. The van der Waals surface area contributed by atoms with Crippen molar-refractivity contribution in [3.8, 4) is 11.5 Å². The number of carbonyl (C=O) groups excluding carboxylic acids is 2. The molecular weight excluding hydrogens is 615 g/mol. The Hall–Kier alpha value is -3.71. The zero-order valence-electron chi connectivity index (χ0n) is 19.8. The van der Waals surface area contributed by atoms with Crippen molar-refractivity contribution < 1.29 is 24.0 Å². The number of ether oxygens (including phenoxy) is 2. The molecule has 0 spiro atoms. The van der Waals surface area contributed by atoms with Crippen molar-refractivity contribution in [3.05, 3.63) is 90.0 Å². The Bertz CT molecular complexity index is 1370. The highest BCUT2D eigenvalue weighted by Gasteiger charge is 2.15. The summed E-state index contributed by atoms with van der Waals surface area (Å²) in [7, 11) is 0. The number of benzene rings is 3. The number of halogens is 2. The van der Waals surface area contributed by atoms with E-state index in [-0.39, 0.29) is 23.8 Å². The van der Waals surface area contributed by atoms with Crippen molar-refractivity contribution in [1.82, 2.24) is 5.43 Å². The smallest absolute Gasteiger partial charge is 0.271 e. The number of carbonyl (C=O) groups is 2. The van der Waals surface area contributed by atoms with E-state index in [0.29, 0.717) is 37.9 Å². The van der Waals surface area contributed by atoms with Crippen LogP contribution in [0.4, 0.5) is 11.4 Å². The molecule has 0 saturated carbocycles. The number of nitro benzene ring substituents is 1. The lowest BCUT2D eigenvalue weighted by atomic mass is 10.2. The van der Waals surface area contributed by atoms with Crippen molar-refractivity contribution in [2.24, 2.45) is 5.10 Å². The van der Waals surface area contributed by atoms with E-state index in [4.69, 9.17) is 21.1 Å². The summed E-state index contributed by atoms with van der Waals surface area (Å²) in [6.45, 7) is 3.78. The standard InChI is InChI=1S/C25H22ClIN4O6/c1-3-36-22-10-16(13-28-30-25(33)17-5-4-6-19(11-17)31(34)35)9-21(27)24(22)37-14-23(32)29-18-8-7-15(2)20(26)12-18/h4-13H,3,14H2,1-2H3,(H,29,32)(H,30,33)/b28-13+. The lowest BCUT2D eigenvalue weighted by molar-refractivity contribution is -0.384. The monoisotopic (exact) mass is 636 g/mol. The van der Waals surface area contributed by atoms with E-state index in [2.05, 4.69) is 15.8 Å². The van der Waals surface area contributed by atoms with Gasteiger partial charge < -0.3 is 14.8 Å². The largest absolute Gasteiger partial charge is 0.490 e. The highest BCUT2D eigenvalue weighted by atomic mass is 127. The molecule has 3 aromatic carbocycles. The van der Waals surface area contributed by atoms with Crippen LogP contribution in [0.3, 0.4) is 0 Å². The fourth-order valence-corrected chi connectivity index (χ4v) is 4.02. The molecule has 0 aromatic heterocycles. The van der Waals surface area contributed by atoms with Gasteiger partial charge in [-0.2, -0.15) is 5.10 Å². The van der Waals surface area contributed by atoms with Crippen LogP contribution in [-0.2, 0) is 4.79 Å². The first kappa shape index (κ1) is 27.9. The van der Waals surface area contributed by atoms with E-state index in [1.807, 2.05) is 36.4 Å². The number of non-ortho nitro benzene ring substituents is 1. The van der Waals surface area contributed by atoms with Crippen LogP contribution in [-0.4, -0.2) is 36.2 Å². The lowest BCUT2D eigenvalue weighted by Gasteiger charge is -2.15. The quantitative estimate of drug-likeness (QED) is 0.134. The van der Waals surface area contributed by atoms with Gasteiger partial charge in [0.25, 0.3) is 17.5 Å². The van der Waals surface area contributed by atoms with E-state index in [9.17, 15) is 19.7 Å². The molecule has 3 aromatic rings. The molecule has 0 atom stereocenters. The van der Waals surface area contributed by atoms with Gasteiger partial charge in [0, 0.05) is 28.4 Å². The second-order valence-corrected chi connectivity index (χ2v) is 9.14. The van der Waals surface area contributed by atoms with E-state index in [1.165, 1.54) is 24.4 Å². The van der Waals surface area contributed by atoms with Crippen LogP contribution in [0.25, 0.3) is 0 Å². The summed E-state index contributed by atoms with van der Waals surface area (Å²) in [6.07, 6.45) is 1.40. The molecule has 0 saturated heterocycles. The Balaban J connectivity index is 1.67. The summed E-state index contributed by atoms with van der Waals surface area (Å²) in [5.74, 6) is -0.183. The average Bonchev–Trinajstić information content (AvgIpc) is 2.86. The van der Waals surface area contributed by atoms with Crippen molar-refractivity contribution in [3.63, 3.8) is 0 Å². The topological polar surface area (TPSA) is 132 Å². The number of rotatable bonds is 10. The Morgan fingerprint density at radius 2 is 1.95 bits per heavy atom. The molecular formula is C25H22ClIN4O6. The van der Waals surface area contributed by atoms with Gasteiger partial charge in [0.1, 0.15) is 0 Å². The van der Waals surface area contributed by atoms with E-state index >= 15 is 0 Å². The second kappa shape index (κ2) is 13.0. The first-order valence-electron chi connectivity index (χ1n) is 10.9. The third-order valence-corrected chi connectivity index (χ3v) is 6.04. The molecule has 0 radical (unpaired) electrons. The molecule has 0 aliphatic carbocycles. The Labute approximate surface area is 231 Å². The number of aryl methyl sites for hydroxylation is 1. The number of hydrogen-bond acceptors (Lipinski definition) is 7. The fraction of sp³-hybridized carbons (Fsp3) is 0.160. The van der Waals surface area contributed by atoms with Crippen LogP contribution in [0, 0.1) is 20.6 Å². The number of nitro groups is 1. The first-order valence-corrected chi connectivity index (χ1v) is 12.4. The molecule has 0 heterocycles. The van der Waals surface area contributed by atoms with Crippen LogP contribution >= 0.6 is 34.2 Å². The minimum absolute atomic E-state index is 0.103. The molecule has 0 fully saturated rings. The zero-order chi connectivity index (χ0) is 26.9. The maximum atomic E-state index is 12.4. The van der Waals surface area contributed by atoms with Crippen LogP contribution in [0.5, 0.6) is 11.5 Å². The third kappa shape index (κ3) is 7.89. The van der Waals surface area contributed by atoms with E-state index in [0.717, 1.165) is 11.6 Å². The number of hydrazone groups is 1. The summed E-state index contributed by atoms with van der Waals surface area (Å²) in [5.41, 5.74) is 4.30. The number of nitrogens with one attached hydrogen (secondary N) is 2. The maximum Gasteiger partial charge on any atom is 0.271 e. The second-order valence-electron chi connectivity index (χ2n) is 7.57. The first-order chi connectivity index (χ1) is 17.7. The van der Waals surface area contributed by atoms with Gasteiger partial charge in [-0.3, -0.25) is 19.7 Å². The van der Waals surface area contributed by atoms with Crippen LogP contribution in [0.1, 0.15) is 28.4 Å². The van der Waals surface area contributed by atoms with Crippen molar-refractivity contribution in [2.45, 2.75) is 13.8 Å². The third-order valence-electron chi connectivity index (χ3n) is 4.83. The average molecular weight is 637 g/mol. The highest BCUT2D eigenvalue weighted by molar-refractivity contribution is 14.1. The Morgan fingerprint density at radius 1 is 1.16 bits per heavy atom. The molecule has 12 heteroatoms. The summed E-state index contributed by atoms with van der Waals surface area (Å²) in [6, 6.07) is 13.9. The molecule has 0 bridgehead atoms. The van der Waals surface area contributed by atoms with Gasteiger partial charge in [-0.05, 0) is 77.9 Å². The number of amides is 2. The van der Waals surface area contributed by atoms with Crippen LogP contribution in [0.2, 0.25) is 5.02 Å². The van der Waals surface area contributed by atoms with Gasteiger partial charge >= 0.3 is 0 Å². The maximum absolute atomic E-state index is 12.4. The van der Waals surface area contributed by atoms with E-state index in [1.54, 1.807) is 30.3 Å². The van der Waals surface area contributed by atoms with Crippen LogP contribution in [0.15, 0.2) is 59.7 Å². The number of hydrogen-bond donors (Lipinski definition) is 2. The minimum Gasteiger partial charge on any atom is -0.490 e. The van der Waals surface area contributed by atoms with Gasteiger partial charge in [-0.25, -0.2) is 5.43 Å². The summed E-state index contributed by atoms with van der Waals surface area (Å²) in [4.78, 5) is 35.0. The summed E-state index contributed by atoms with van der Waals surface area (Å²) >= 11 is 8.15. The fourth-order valence-electron chi connectivity index (χ4n) is 3.06. The predicted molar refractivity (Wildman–Crippen MR) is 149 cm³/mol. The SMILES string of the molecule is CCOc1cc(/C=N/NC(=O)c2cccc([N+](=O)[O-])c2)cc(I)c1OCC(=O)Nc1ccc(C)c(Cl)c1. The molecule has 192 valence electrons. The van der Waals surface area contributed by atoms with Gasteiger partial charge in [-0.1, -0.05) is 23.7 Å².